The van der Waals surface area contributed by atoms with E-state index in [0.717, 1.165) is 48.7 Å². The summed E-state index contributed by atoms with van der Waals surface area (Å²) in [6, 6.07) is 13.1. The number of rotatable bonds is 5. The van der Waals surface area contributed by atoms with E-state index in [-0.39, 0.29) is 12.5 Å². The smallest absolute Gasteiger partial charge is 0.325 e. The van der Waals surface area contributed by atoms with E-state index in [1.165, 1.54) is 0 Å². The fourth-order valence-electron chi connectivity index (χ4n) is 3.31. The monoisotopic (exact) mass is 396 g/mol. The summed E-state index contributed by atoms with van der Waals surface area (Å²) in [7, 11) is 1.65. The number of anilines is 2. The maximum atomic E-state index is 12.2. The molecule has 2 aromatic carbocycles. The minimum Gasteiger partial charge on any atom is -0.497 e. The topological polar surface area (TPSA) is 73.9 Å². The van der Waals surface area contributed by atoms with Crippen LogP contribution in [-0.4, -0.2) is 56.7 Å². The standard InChI is InChI=1S/C22H28N4O3/c1-16-4-5-18(14-17(16)2)23-22(28)24-21(27)15-25-10-12-26(13-11-25)19-6-8-20(29-3)9-7-19/h4-9,14H,10-13,15H2,1-3H3,(H2,23,24,27,28). The van der Waals surface area contributed by atoms with Gasteiger partial charge in [-0.2, -0.15) is 0 Å². The lowest BCUT2D eigenvalue weighted by Gasteiger charge is -2.35. The van der Waals surface area contributed by atoms with Crippen molar-refractivity contribution in [1.29, 1.82) is 0 Å². The van der Waals surface area contributed by atoms with Crippen molar-refractivity contribution >= 4 is 23.3 Å². The van der Waals surface area contributed by atoms with Gasteiger partial charge in [0.2, 0.25) is 5.91 Å². The third-order valence-electron chi connectivity index (χ3n) is 5.19. The summed E-state index contributed by atoms with van der Waals surface area (Å²) in [6.45, 7) is 7.38. The van der Waals surface area contributed by atoms with Crippen LogP contribution in [0, 0.1) is 13.8 Å². The predicted octanol–water partition coefficient (Wildman–Crippen LogP) is 2.78. The minimum atomic E-state index is -0.505. The second kappa shape index (κ2) is 9.43. The summed E-state index contributed by atoms with van der Waals surface area (Å²) >= 11 is 0. The lowest BCUT2D eigenvalue weighted by Crippen LogP contribution is -2.50. The SMILES string of the molecule is COc1ccc(N2CCN(CC(=O)NC(=O)Nc3ccc(C)c(C)c3)CC2)cc1. The Morgan fingerprint density at radius 2 is 1.66 bits per heavy atom. The molecule has 0 radical (unpaired) electrons. The van der Waals surface area contributed by atoms with Gasteiger partial charge in [-0.1, -0.05) is 6.07 Å². The molecule has 0 atom stereocenters. The highest BCUT2D eigenvalue weighted by atomic mass is 16.5. The molecule has 0 spiro atoms. The first kappa shape index (κ1) is 20.7. The van der Waals surface area contributed by atoms with Crippen LogP contribution in [-0.2, 0) is 4.79 Å². The Hall–Kier alpha value is -3.06. The van der Waals surface area contributed by atoms with Crippen molar-refractivity contribution in [1.82, 2.24) is 10.2 Å². The van der Waals surface area contributed by atoms with E-state index in [1.54, 1.807) is 7.11 Å². The molecule has 0 aromatic heterocycles. The number of carbonyl (C=O) groups is 2. The van der Waals surface area contributed by atoms with Gasteiger partial charge in [-0.05, 0) is 61.4 Å². The van der Waals surface area contributed by atoms with Gasteiger partial charge in [-0.15, -0.1) is 0 Å². The molecule has 0 bridgehead atoms. The summed E-state index contributed by atoms with van der Waals surface area (Å²) in [4.78, 5) is 28.6. The number of nitrogens with zero attached hydrogens (tertiary/aromatic N) is 2. The highest BCUT2D eigenvalue weighted by Crippen LogP contribution is 2.20. The van der Waals surface area contributed by atoms with Gasteiger partial charge in [0, 0.05) is 37.6 Å². The number of imide groups is 1. The van der Waals surface area contributed by atoms with Crippen molar-refractivity contribution < 1.29 is 14.3 Å². The van der Waals surface area contributed by atoms with Crippen molar-refractivity contribution in [3.63, 3.8) is 0 Å². The van der Waals surface area contributed by atoms with Crippen LogP contribution >= 0.6 is 0 Å². The first-order valence-electron chi connectivity index (χ1n) is 9.74. The Kier molecular flexibility index (Phi) is 6.72. The number of hydrogen-bond acceptors (Lipinski definition) is 5. The Bertz CT molecular complexity index is 859. The first-order valence-corrected chi connectivity index (χ1v) is 9.74. The van der Waals surface area contributed by atoms with Gasteiger partial charge < -0.3 is 15.0 Å². The van der Waals surface area contributed by atoms with Crippen LogP contribution in [0.25, 0.3) is 0 Å². The lowest BCUT2D eigenvalue weighted by atomic mass is 10.1. The van der Waals surface area contributed by atoms with Crippen LogP contribution in [0.15, 0.2) is 42.5 Å². The fraction of sp³-hybridized carbons (Fsp3) is 0.364. The number of ether oxygens (including phenoxy) is 1. The van der Waals surface area contributed by atoms with E-state index in [4.69, 9.17) is 4.74 Å². The molecule has 7 heteroatoms. The maximum absolute atomic E-state index is 12.2. The summed E-state index contributed by atoms with van der Waals surface area (Å²) in [5.41, 5.74) is 4.05. The molecule has 1 heterocycles. The molecule has 1 fully saturated rings. The minimum absolute atomic E-state index is 0.205. The number of amides is 3. The van der Waals surface area contributed by atoms with Gasteiger partial charge in [-0.3, -0.25) is 15.0 Å². The Morgan fingerprint density at radius 1 is 0.966 bits per heavy atom. The van der Waals surface area contributed by atoms with Crippen LogP contribution in [0.3, 0.4) is 0 Å². The number of urea groups is 1. The molecule has 1 aliphatic heterocycles. The number of hydrogen-bond donors (Lipinski definition) is 2. The fourth-order valence-corrected chi connectivity index (χ4v) is 3.31. The molecular weight excluding hydrogens is 368 g/mol. The molecule has 0 unspecified atom stereocenters. The average molecular weight is 396 g/mol. The Labute approximate surface area is 171 Å². The number of methoxy groups -OCH3 is 1. The van der Waals surface area contributed by atoms with Gasteiger partial charge >= 0.3 is 6.03 Å². The van der Waals surface area contributed by atoms with Crippen LogP contribution in [0.5, 0.6) is 5.75 Å². The largest absolute Gasteiger partial charge is 0.497 e. The van der Waals surface area contributed by atoms with Gasteiger partial charge in [0.1, 0.15) is 5.75 Å². The van der Waals surface area contributed by atoms with Crippen molar-refractivity contribution in [3.05, 3.63) is 53.6 Å². The molecule has 29 heavy (non-hydrogen) atoms. The predicted molar refractivity (Wildman–Crippen MR) is 115 cm³/mol. The van der Waals surface area contributed by atoms with Crippen LogP contribution < -0.4 is 20.3 Å². The molecule has 154 valence electrons. The molecular formula is C22H28N4O3. The quantitative estimate of drug-likeness (QED) is 0.813. The Morgan fingerprint density at radius 3 is 2.28 bits per heavy atom. The van der Waals surface area contributed by atoms with Gasteiger partial charge in [0.05, 0.1) is 13.7 Å². The number of carbonyl (C=O) groups excluding carboxylic acids is 2. The van der Waals surface area contributed by atoms with Gasteiger partial charge in [0.15, 0.2) is 0 Å². The second-order valence-electron chi connectivity index (χ2n) is 7.26. The zero-order valence-corrected chi connectivity index (χ0v) is 17.2. The van der Waals surface area contributed by atoms with E-state index in [1.807, 2.05) is 56.3 Å². The lowest BCUT2D eigenvalue weighted by molar-refractivity contribution is -0.121. The molecule has 0 saturated carbocycles. The van der Waals surface area contributed by atoms with E-state index in [2.05, 4.69) is 20.4 Å². The number of benzene rings is 2. The molecule has 2 N–H and O–H groups in total. The summed E-state index contributed by atoms with van der Waals surface area (Å²) < 4.78 is 5.19. The van der Waals surface area contributed by atoms with Gasteiger partial charge in [0.25, 0.3) is 0 Å². The molecule has 0 aliphatic carbocycles. The van der Waals surface area contributed by atoms with E-state index < -0.39 is 6.03 Å². The third-order valence-corrected chi connectivity index (χ3v) is 5.19. The average Bonchev–Trinajstić information content (AvgIpc) is 2.71. The van der Waals surface area contributed by atoms with Crippen molar-refractivity contribution in [2.24, 2.45) is 0 Å². The number of aryl methyl sites for hydroxylation is 2. The van der Waals surface area contributed by atoms with Crippen molar-refractivity contribution in [3.8, 4) is 5.75 Å². The molecule has 1 aliphatic rings. The summed E-state index contributed by atoms with van der Waals surface area (Å²) in [6.07, 6.45) is 0. The van der Waals surface area contributed by atoms with E-state index in [9.17, 15) is 9.59 Å². The zero-order valence-electron chi connectivity index (χ0n) is 17.2. The molecule has 1 saturated heterocycles. The van der Waals surface area contributed by atoms with Crippen LogP contribution in [0.4, 0.5) is 16.2 Å². The third kappa shape index (κ3) is 5.71. The first-order chi connectivity index (χ1) is 13.9. The summed E-state index contributed by atoms with van der Waals surface area (Å²) in [5, 5.41) is 5.12. The number of nitrogens with one attached hydrogen (secondary N) is 2. The highest BCUT2D eigenvalue weighted by Gasteiger charge is 2.20. The highest BCUT2D eigenvalue weighted by molar-refractivity contribution is 6.01. The van der Waals surface area contributed by atoms with E-state index >= 15 is 0 Å². The van der Waals surface area contributed by atoms with Gasteiger partial charge in [-0.25, -0.2) is 4.79 Å². The molecule has 2 aromatic rings. The summed E-state index contributed by atoms with van der Waals surface area (Å²) in [5.74, 6) is 0.535. The van der Waals surface area contributed by atoms with E-state index in [0.29, 0.717) is 5.69 Å². The van der Waals surface area contributed by atoms with Crippen LogP contribution in [0.1, 0.15) is 11.1 Å². The molecule has 3 amide bonds. The second-order valence-corrected chi connectivity index (χ2v) is 7.26. The molecule has 7 nitrogen and oxygen atoms in total. The van der Waals surface area contributed by atoms with Crippen molar-refractivity contribution in [2.45, 2.75) is 13.8 Å². The Balaban J connectivity index is 1.43. The normalized spacial score (nSPS) is 14.4. The zero-order chi connectivity index (χ0) is 20.8. The maximum Gasteiger partial charge on any atom is 0.325 e. The number of piperazine rings is 1. The van der Waals surface area contributed by atoms with Crippen molar-refractivity contribution in [2.75, 3.05) is 50.1 Å². The van der Waals surface area contributed by atoms with Crippen LogP contribution in [0.2, 0.25) is 0 Å². The molecule has 3 rings (SSSR count).